The summed E-state index contributed by atoms with van der Waals surface area (Å²) >= 11 is 9.00. The normalized spacial score (nSPS) is 11.1. The quantitative estimate of drug-likeness (QED) is 0.156. The van der Waals surface area contributed by atoms with Crippen LogP contribution in [0.2, 0.25) is 5.02 Å². The molecule has 4 aromatic rings. The highest BCUT2D eigenvalue weighted by atomic mass is 35.5. The predicted octanol–water partition coefficient (Wildman–Crippen LogP) is 6.17. The minimum absolute atomic E-state index is 0.202. The number of thiazole rings is 1. The van der Waals surface area contributed by atoms with E-state index in [9.17, 15) is 4.79 Å². The van der Waals surface area contributed by atoms with Crippen LogP contribution in [0.15, 0.2) is 76.2 Å². The molecule has 0 spiro atoms. The summed E-state index contributed by atoms with van der Waals surface area (Å²) in [5.41, 5.74) is 5.24. The summed E-state index contributed by atoms with van der Waals surface area (Å²) in [6.07, 6.45) is 1.57. The summed E-state index contributed by atoms with van der Waals surface area (Å²) in [6.45, 7) is 2.77. The summed E-state index contributed by atoms with van der Waals surface area (Å²) in [5.74, 6) is 1.26. The van der Waals surface area contributed by atoms with Crippen LogP contribution in [0.4, 0.5) is 0 Å². The second-order valence-electron chi connectivity index (χ2n) is 7.09. The van der Waals surface area contributed by atoms with Gasteiger partial charge in [-0.2, -0.15) is 5.10 Å². The maximum atomic E-state index is 12.2. The van der Waals surface area contributed by atoms with Gasteiger partial charge in [0.1, 0.15) is 6.61 Å². The van der Waals surface area contributed by atoms with Crippen molar-refractivity contribution in [2.45, 2.75) is 17.9 Å². The van der Waals surface area contributed by atoms with Gasteiger partial charge in [0.15, 0.2) is 15.8 Å². The fourth-order valence-corrected chi connectivity index (χ4v) is 5.11. The SMILES string of the molecule is CCOc1cc(/C=N/NC(=O)CSc2nc3ccccc3s2)ccc1OCc1cccc(Cl)c1. The van der Waals surface area contributed by atoms with Crippen molar-refractivity contribution >= 4 is 57.0 Å². The molecule has 34 heavy (non-hydrogen) atoms. The summed E-state index contributed by atoms with van der Waals surface area (Å²) in [5, 5.41) is 4.73. The van der Waals surface area contributed by atoms with Gasteiger partial charge in [-0.3, -0.25) is 4.79 Å². The van der Waals surface area contributed by atoms with E-state index in [1.165, 1.54) is 11.8 Å². The Morgan fingerprint density at radius 2 is 2.00 bits per heavy atom. The molecule has 1 heterocycles. The van der Waals surface area contributed by atoms with Crippen LogP contribution in [-0.4, -0.2) is 29.5 Å². The third-order valence-electron chi connectivity index (χ3n) is 4.55. The number of amides is 1. The zero-order valence-corrected chi connectivity index (χ0v) is 20.8. The van der Waals surface area contributed by atoms with E-state index in [-0.39, 0.29) is 11.7 Å². The molecule has 0 saturated carbocycles. The van der Waals surface area contributed by atoms with Gasteiger partial charge in [0.25, 0.3) is 5.91 Å². The number of hydrogen-bond acceptors (Lipinski definition) is 7. The van der Waals surface area contributed by atoms with Crippen LogP contribution in [0.3, 0.4) is 0 Å². The Kier molecular flexibility index (Phi) is 8.41. The van der Waals surface area contributed by atoms with E-state index in [1.54, 1.807) is 17.6 Å². The van der Waals surface area contributed by atoms with Gasteiger partial charge in [0.2, 0.25) is 0 Å². The second-order valence-corrected chi connectivity index (χ2v) is 9.78. The molecule has 0 aliphatic rings. The minimum atomic E-state index is -0.202. The van der Waals surface area contributed by atoms with Crippen molar-refractivity contribution in [3.05, 3.63) is 82.9 Å². The Morgan fingerprint density at radius 1 is 1.12 bits per heavy atom. The molecule has 0 aliphatic carbocycles. The number of fused-ring (bicyclic) bond motifs is 1. The molecule has 6 nitrogen and oxygen atoms in total. The molecule has 1 aromatic heterocycles. The van der Waals surface area contributed by atoms with Gasteiger partial charge in [-0.1, -0.05) is 47.6 Å². The van der Waals surface area contributed by atoms with Crippen LogP contribution < -0.4 is 14.9 Å². The number of thioether (sulfide) groups is 1. The van der Waals surface area contributed by atoms with E-state index in [0.29, 0.717) is 29.7 Å². The molecule has 0 fully saturated rings. The number of halogens is 1. The lowest BCUT2D eigenvalue weighted by atomic mass is 10.2. The number of nitrogens with one attached hydrogen (secondary N) is 1. The van der Waals surface area contributed by atoms with Crippen molar-refractivity contribution < 1.29 is 14.3 Å². The standard InChI is InChI=1S/C25H22ClN3O3S2/c1-2-31-22-13-17(10-11-21(22)32-15-18-6-5-7-19(26)12-18)14-27-29-24(30)16-33-25-28-20-8-3-4-9-23(20)34-25/h3-14H,2,15-16H2,1H3,(H,29,30)/b27-14+. The third kappa shape index (κ3) is 6.72. The highest BCUT2D eigenvalue weighted by Gasteiger charge is 2.09. The number of nitrogens with zero attached hydrogens (tertiary/aromatic N) is 2. The van der Waals surface area contributed by atoms with Crippen LogP contribution in [0.25, 0.3) is 10.2 Å². The van der Waals surface area contributed by atoms with Crippen LogP contribution in [0.1, 0.15) is 18.1 Å². The van der Waals surface area contributed by atoms with Crippen LogP contribution in [-0.2, 0) is 11.4 Å². The first-order valence-corrected chi connectivity index (χ1v) is 12.7. The Hall–Kier alpha value is -3.07. The lowest BCUT2D eigenvalue weighted by molar-refractivity contribution is -0.118. The van der Waals surface area contributed by atoms with Gasteiger partial charge in [-0.15, -0.1) is 11.3 Å². The molecular weight excluding hydrogens is 490 g/mol. The van der Waals surface area contributed by atoms with Crippen LogP contribution in [0, 0.1) is 0 Å². The van der Waals surface area contributed by atoms with Crippen molar-refractivity contribution in [3.8, 4) is 11.5 Å². The summed E-state index contributed by atoms with van der Waals surface area (Å²) in [6, 6.07) is 20.9. The third-order valence-corrected chi connectivity index (χ3v) is 6.97. The zero-order valence-electron chi connectivity index (χ0n) is 18.4. The highest BCUT2D eigenvalue weighted by molar-refractivity contribution is 8.01. The molecule has 0 unspecified atom stereocenters. The van der Waals surface area contributed by atoms with Gasteiger partial charge >= 0.3 is 0 Å². The van der Waals surface area contributed by atoms with Crippen LogP contribution in [0.5, 0.6) is 11.5 Å². The fourth-order valence-electron chi connectivity index (χ4n) is 3.03. The number of aromatic nitrogens is 1. The maximum absolute atomic E-state index is 12.2. The van der Waals surface area contributed by atoms with Crippen molar-refractivity contribution in [1.82, 2.24) is 10.4 Å². The van der Waals surface area contributed by atoms with Gasteiger partial charge in [-0.25, -0.2) is 10.4 Å². The second kappa shape index (κ2) is 11.9. The monoisotopic (exact) mass is 511 g/mol. The van der Waals surface area contributed by atoms with E-state index in [2.05, 4.69) is 15.5 Å². The van der Waals surface area contributed by atoms with E-state index in [0.717, 1.165) is 25.7 Å². The number of para-hydroxylation sites is 1. The smallest absolute Gasteiger partial charge is 0.250 e. The summed E-state index contributed by atoms with van der Waals surface area (Å²) in [4.78, 5) is 16.7. The molecular formula is C25H22ClN3O3S2. The lowest BCUT2D eigenvalue weighted by Crippen LogP contribution is -2.19. The number of benzene rings is 3. The van der Waals surface area contributed by atoms with Crippen molar-refractivity contribution in [2.24, 2.45) is 5.10 Å². The first-order chi connectivity index (χ1) is 16.6. The number of carbonyl (C=O) groups excluding carboxylic acids is 1. The molecule has 0 radical (unpaired) electrons. The number of hydrogen-bond donors (Lipinski definition) is 1. The Balaban J connectivity index is 1.31. The first kappa shape index (κ1) is 24.1. The molecule has 9 heteroatoms. The van der Waals surface area contributed by atoms with E-state index in [4.69, 9.17) is 21.1 Å². The van der Waals surface area contributed by atoms with E-state index >= 15 is 0 Å². The molecule has 0 atom stereocenters. The highest BCUT2D eigenvalue weighted by Crippen LogP contribution is 2.30. The van der Waals surface area contributed by atoms with Crippen LogP contribution >= 0.6 is 34.7 Å². The molecule has 1 amide bonds. The van der Waals surface area contributed by atoms with Gasteiger partial charge in [0.05, 0.1) is 28.8 Å². The van der Waals surface area contributed by atoms with Crippen molar-refractivity contribution in [3.63, 3.8) is 0 Å². The summed E-state index contributed by atoms with van der Waals surface area (Å²) in [7, 11) is 0. The van der Waals surface area contributed by atoms with Crippen molar-refractivity contribution in [1.29, 1.82) is 0 Å². The molecule has 1 N–H and O–H groups in total. The maximum Gasteiger partial charge on any atom is 0.250 e. The van der Waals surface area contributed by atoms with Gasteiger partial charge in [0, 0.05) is 5.02 Å². The van der Waals surface area contributed by atoms with Gasteiger partial charge in [-0.05, 0) is 60.5 Å². The summed E-state index contributed by atoms with van der Waals surface area (Å²) < 4.78 is 13.6. The molecule has 0 aliphatic heterocycles. The molecule has 4 rings (SSSR count). The Morgan fingerprint density at radius 3 is 2.82 bits per heavy atom. The van der Waals surface area contributed by atoms with Crippen molar-refractivity contribution in [2.75, 3.05) is 12.4 Å². The lowest BCUT2D eigenvalue weighted by Gasteiger charge is -2.12. The number of ether oxygens (including phenoxy) is 2. The largest absolute Gasteiger partial charge is 0.490 e. The van der Waals surface area contributed by atoms with E-state index < -0.39 is 0 Å². The fraction of sp³-hybridized carbons (Fsp3) is 0.160. The predicted molar refractivity (Wildman–Crippen MR) is 139 cm³/mol. The Bertz CT molecular complexity index is 1280. The molecule has 3 aromatic carbocycles. The average molecular weight is 512 g/mol. The minimum Gasteiger partial charge on any atom is -0.490 e. The van der Waals surface area contributed by atoms with Gasteiger partial charge < -0.3 is 9.47 Å². The number of rotatable bonds is 10. The Labute approximate surface area is 211 Å². The molecule has 174 valence electrons. The van der Waals surface area contributed by atoms with E-state index in [1.807, 2.05) is 73.7 Å². The number of hydrazone groups is 1. The topological polar surface area (TPSA) is 72.8 Å². The first-order valence-electron chi connectivity index (χ1n) is 10.5. The average Bonchev–Trinajstić information content (AvgIpc) is 3.26. The number of carbonyl (C=O) groups is 1. The molecule has 0 bridgehead atoms. The molecule has 0 saturated heterocycles. The zero-order chi connectivity index (χ0) is 23.8.